The molecule has 5 aromatic rings. The van der Waals surface area contributed by atoms with Gasteiger partial charge in [-0.2, -0.15) is 5.10 Å². The van der Waals surface area contributed by atoms with Crippen LogP contribution in [-0.4, -0.2) is 30.1 Å². The molecule has 5 aromatic heterocycles. The molecule has 1 fully saturated rings. The standard InChI is InChI=1S/C29H25N7/c1-17(18-7-4-8-18)33-21-11-20(14-30-15-21)25-13-24-27(16-32-25)35-36-28(24)26-12-23-22(19-5-2-3-6-19)9-10-31-29(23)34-26/h2,5-6,9-16,18,33H,1,3-4,7-8H2,(H,31,34)(H,35,36). The number of hydrogen-bond acceptors (Lipinski definition) is 5. The summed E-state index contributed by atoms with van der Waals surface area (Å²) < 4.78 is 0. The van der Waals surface area contributed by atoms with Crippen molar-refractivity contribution in [2.24, 2.45) is 5.92 Å². The van der Waals surface area contributed by atoms with Gasteiger partial charge in [0.05, 0.1) is 35.0 Å². The van der Waals surface area contributed by atoms with Crippen LogP contribution in [0, 0.1) is 5.92 Å². The third-order valence-corrected chi connectivity index (χ3v) is 7.25. The summed E-state index contributed by atoms with van der Waals surface area (Å²) >= 11 is 0. The number of fused-ring (bicyclic) bond motifs is 2. The summed E-state index contributed by atoms with van der Waals surface area (Å²) in [4.78, 5) is 17.2. The lowest BCUT2D eigenvalue weighted by Crippen LogP contribution is -2.18. The van der Waals surface area contributed by atoms with Crippen LogP contribution < -0.4 is 5.32 Å². The zero-order valence-corrected chi connectivity index (χ0v) is 19.8. The molecule has 2 aliphatic carbocycles. The first-order valence-corrected chi connectivity index (χ1v) is 12.3. The SMILES string of the molecule is C=C(Nc1cncc(-c2cc3c(-c4cc5c(C6=CCC=C6)ccnc5[nH]4)n[nH]c3cn2)c1)C1CCC1. The van der Waals surface area contributed by atoms with Crippen LogP contribution in [0.15, 0.2) is 79.6 Å². The van der Waals surface area contributed by atoms with Crippen LogP contribution >= 0.6 is 0 Å². The molecule has 0 radical (unpaired) electrons. The van der Waals surface area contributed by atoms with E-state index in [1.54, 1.807) is 0 Å². The Hall–Kier alpha value is -4.52. The van der Waals surface area contributed by atoms with E-state index in [-0.39, 0.29) is 0 Å². The summed E-state index contributed by atoms with van der Waals surface area (Å²) in [6, 6.07) is 8.35. The molecule has 0 atom stereocenters. The Morgan fingerprint density at radius 3 is 2.83 bits per heavy atom. The second-order valence-electron chi connectivity index (χ2n) is 9.53. The number of nitrogens with zero attached hydrogens (tertiary/aromatic N) is 4. The van der Waals surface area contributed by atoms with Crippen LogP contribution in [0.1, 0.15) is 31.2 Å². The number of rotatable bonds is 6. The number of pyridine rings is 3. The highest BCUT2D eigenvalue weighted by molar-refractivity contribution is 6.00. The van der Waals surface area contributed by atoms with Gasteiger partial charge in [-0.3, -0.25) is 15.1 Å². The molecule has 0 amide bonds. The lowest BCUT2D eigenvalue weighted by Gasteiger charge is -2.28. The first-order chi connectivity index (χ1) is 17.7. The Labute approximate surface area is 208 Å². The predicted molar refractivity (Wildman–Crippen MR) is 144 cm³/mol. The fraction of sp³-hybridized carbons (Fsp3) is 0.172. The molecule has 2 aliphatic rings. The van der Waals surface area contributed by atoms with Crippen molar-refractivity contribution >= 4 is 33.2 Å². The van der Waals surface area contributed by atoms with Crippen molar-refractivity contribution in [1.82, 2.24) is 30.1 Å². The quantitative estimate of drug-likeness (QED) is 0.258. The summed E-state index contributed by atoms with van der Waals surface area (Å²) in [6.45, 7) is 4.22. The normalized spacial score (nSPS) is 15.4. The Kier molecular flexibility index (Phi) is 4.80. The molecule has 5 heterocycles. The maximum atomic E-state index is 4.68. The summed E-state index contributed by atoms with van der Waals surface area (Å²) in [7, 11) is 0. The van der Waals surface area contributed by atoms with Crippen molar-refractivity contribution in [3.63, 3.8) is 0 Å². The van der Waals surface area contributed by atoms with Gasteiger partial charge in [0.1, 0.15) is 11.3 Å². The minimum Gasteiger partial charge on any atom is -0.358 e. The largest absolute Gasteiger partial charge is 0.358 e. The van der Waals surface area contributed by atoms with Crippen molar-refractivity contribution in [1.29, 1.82) is 0 Å². The summed E-state index contributed by atoms with van der Waals surface area (Å²) in [5, 5.41) is 13.3. The number of H-pyrrole nitrogens is 2. The van der Waals surface area contributed by atoms with Crippen LogP contribution in [0.3, 0.4) is 0 Å². The highest BCUT2D eigenvalue weighted by Crippen LogP contribution is 2.35. The number of aromatic amines is 2. The third kappa shape index (κ3) is 3.51. The lowest BCUT2D eigenvalue weighted by atomic mass is 9.83. The van der Waals surface area contributed by atoms with Crippen LogP contribution in [0.2, 0.25) is 0 Å². The van der Waals surface area contributed by atoms with Gasteiger partial charge in [0.2, 0.25) is 0 Å². The first-order valence-electron chi connectivity index (χ1n) is 12.3. The van der Waals surface area contributed by atoms with E-state index in [2.05, 4.69) is 84.5 Å². The van der Waals surface area contributed by atoms with Gasteiger partial charge in [0, 0.05) is 34.4 Å². The van der Waals surface area contributed by atoms with Gasteiger partial charge in [-0.1, -0.05) is 31.2 Å². The van der Waals surface area contributed by atoms with E-state index in [9.17, 15) is 0 Å². The molecule has 7 heteroatoms. The van der Waals surface area contributed by atoms with E-state index < -0.39 is 0 Å². The van der Waals surface area contributed by atoms with E-state index in [0.29, 0.717) is 5.92 Å². The van der Waals surface area contributed by atoms with E-state index in [4.69, 9.17) is 0 Å². The molecule has 36 heavy (non-hydrogen) atoms. The van der Waals surface area contributed by atoms with E-state index in [1.165, 1.54) is 30.4 Å². The zero-order chi connectivity index (χ0) is 24.1. The van der Waals surface area contributed by atoms with Gasteiger partial charge >= 0.3 is 0 Å². The molecule has 0 aliphatic heterocycles. The van der Waals surface area contributed by atoms with Gasteiger partial charge in [0.15, 0.2) is 0 Å². The van der Waals surface area contributed by atoms with Gasteiger partial charge in [0.25, 0.3) is 0 Å². The summed E-state index contributed by atoms with van der Waals surface area (Å²) in [5.74, 6) is 0.559. The van der Waals surface area contributed by atoms with Crippen LogP contribution in [0.5, 0.6) is 0 Å². The van der Waals surface area contributed by atoms with Crippen LogP contribution in [0.25, 0.3) is 50.2 Å². The zero-order valence-electron chi connectivity index (χ0n) is 19.8. The molecule has 0 saturated heterocycles. The topological polar surface area (TPSA) is 95.2 Å². The molecule has 176 valence electrons. The van der Waals surface area contributed by atoms with Gasteiger partial charge in [-0.25, -0.2) is 4.98 Å². The summed E-state index contributed by atoms with van der Waals surface area (Å²) in [6.07, 6.45) is 18.6. The van der Waals surface area contributed by atoms with Gasteiger partial charge in [-0.05, 0) is 60.6 Å². The Morgan fingerprint density at radius 2 is 2.00 bits per heavy atom. The molecule has 3 N–H and O–H groups in total. The van der Waals surface area contributed by atoms with E-state index in [0.717, 1.165) is 62.4 Å². The molecule has 1 saturated carbocycles. The second kappa shape index (κ2) is 8.30. The van der Waals surface area contributed by atoms with Gasteiger partial charge < -0.3 is 10.3 Å². The smallest absolute Gasteiger partial charge is 0.138 e. The minimum atomic E-state index is 0.559. The molecular weight excluding hydrogens is 446 g/mol. The fourth-order valence-electron chi connectivity index (χ4n) is 5.04. The van der Waals surface area contributed by atoms with E-state index in [1.807, 2.05) is 24.8 Å². The maximum Gasteiger partial charge on any atom is 0.138 e. The van der Waals surface area contributed by atoms with Crippen molar-refractivity contribution in [3.05, 3.63) is 85.1 Å². The van der Waals surface area contributed by atoms with Crippen LogP contribution in [-0.2, 0) is 0 Å². The number of hydrogen-bond donors (Lipinski definition) is 3. The number of allylic oxidation sites excluding steroid dienone is 5. The van der Waals surface area contributed by atoms with Crippen molar-refractivity contribution in [2.75, 3.05) is 5.32 Å². The number of nitrogens with one attached hydrogen (secondary N) is 3. The fourth-order valence-corrected chi connectivity index (χ4v) is 5.04. The Balaban J connectivity index is 1.26. The Morgan fingerprint density at radius 1 is 1.06 bits per heavy atom. The minimum absolute atomic E-state index is 0.559. The van der Waals surface area contributed by atoms with Gasteiger partial charge in [-0.15, -0.1) is 0 Å². The highest BCUT2D eigenvalue weighted by Gasteiger charge is 2.21. The molecule has 0 unspecified atom stereocenters. The van der Waals surface area contributed by atoms with Crippen molar-refractivity contribution in [2.45, 2.75) is 25.7 Å². The molecule has 0 aromatic carbocycles. The van der Waals surface area contributed by atoms with E-state index >= 15 is 0 Å². The Bertz CT molecular complexity index is 1700. The maximum absolute atomic E-state index is 4.68. The molecule has 7 rings (SSSR count). The lowest BCUT2D eigenvalue weighted by molar-refractivity contribution is 0.371. The second-order valence-corrected chi connectivity index (χ2v) is 9.53. The summed E-state index contributed by atoms with van der Waals surface area (Å²) in [5.41, 5.74) is 9.67. The average molecular weight is 472 g/mol. The average Bonchev–Trinajstić information content (AvgIpc) is 3.61. The van der Waals surface area contributed by atoms with Crippen molar-refractivity contribution < 1.29 is 0 Å². The van der Waals surface area contributed by atoms with Crippen LogP contribution in [0.4, 0.5) is 5.69 Å². The highest BCUT2D eigenvalue weighted by atomic mass is 15.1. The number of anilines is 1. The molecule has 0 bridgehead atoms. The predicted octanol–water partition coefficient (Wildman–Crippen LogP) is 6.63. The molecular formula is C29H25N7. The first kappa shape index (κ1) is 20.8. The third-order valence-electron chi connectivity index (χ3n) is 7.25. The molecule has 0 spiro atoms. The van der Waals surface area contributed by atoms with Crippen molar-refractivity contribution in [3.8, 4) is 22.6 Å². The number of aromatic nitrogens is 6. The monoisotopic (exact) mass is 471 g/mol. The molecule has 7 nitrogen and oxygen atoms in total.